The summed E-state index contributed by atoms with van der Waals surface area (Å²) in [5.74, 6) is -0.792. The van der Waals surface area contributed by atoms with Crippen LogP contribution in [-0.2, 0) is 28.5 Å². The van der Waals surface area contributed by atoms with Crippen molar-refractivity contribution in [3.8, 4) is 0 Å². The van der Waals surface area contributed by atoms with Crippen LogP contribution in [0.15, 0.2) is 24.3 Å². The monoisotopic (exact) mass is 1010 g/mol. The number of hydrogen-bond acceptors (Lipinski definition) is 10. The second-order valence-electron chi connectivity index (χ2n) is 21.2. The molecule has 0 bridgehead atoms. The average Bonchev–Trinajstić information content (AvgIpc) is 3.37. The van der Waals surface area contributed by atoms with Crippen LogP contribution in [0.4, 0.5) is 0 Å². The van der Waals surface area contributed by atoms with Crippen LogP contribution in [0, 0.1) is 0 Å². The third-order valence-electron chi connectivity index (χ3n) is 14.3. The summed E-state index contributed by atoms with van der Waals surface area (Å²) in [6.07, 6.45) is 54.8. The lowest BCUT2D eigenvalue weighted by Gasteiger charge is -2.39. The molecule has 418 valence electrons. The molecule has 1 heterocycles. The van der Waals surface area contributed by atoms with Gasteiger partial charge in [-0.2, -0.15) is 0 Å². The molecule has 6 unspecified atom stereocenters. The fourth-order valence-corrected chi connectivity index (χ4v) is 9.53. The molecule has 0 radical (unpaired) electrons. The van der Waals surface area contributed by atoms with Gasteiger partial charge in [-0.05, 0) is 64.2 Å². The van der Waals surface area contributed by atoms with E-state index in [1.807, 2.05) is 0 Å². The van der Waals surface area contributed by atoms with Crippen molar-refractivity contribution in [3.63, 3.8) is 0 Å². The first-order valence-electron chi connectivity index (χ1n) is 30.4. The van der Waals surface area contributed by atoms with Crippen molar-refractivity contribution in [1.29, 1.82) is 0 Å². The lowest BCUT2D eigenvalue weighted by molar-refractivity contribution is -0.305. The number of hydrogen-bond donors (Lipinski definition) is 4. The Kier molecular flexibility index (Phi) is 48.9. The molecule has 10 nitrogen and oxygen atoms in total. The fourth-order valence-electron chi connectivity index (χ4n) is 9.53. The van der Waals surface area contributed by atoms with Crippen LogP contribution >= 0.6 is 0 Å². The summed E-state index contributed by atoms with van der Waals surface area (Å²) in [4.78, 5) is 25.6. The lowest BCUT2D eigenvalue weighted by atomic mass is 9.99. The molecule has 4 N–H and O–H groups in total. The van der Waals surface area contributed by atoms with Gasteiger partial charge in [0, 0.05) is 12.8 Å². The molecule has 1 saturated heterocycles. The van der Waals surface area contributed by atoms with Crippen molar-refractivity contribution < 1.29 is 49.0 Å². The van der Waals surface area contributed by atoms with Crippen LogP contribution in [-0.4, -0.2) is 89.0 Å². The van der Waals surface area contributed by atoms with Crippen molar-refractivity contribution in [2.45, 2.75) is 333 Å². The SMILES string of the molecule is CCCCCCCCCC/C=C\CCCCCCCCCCCCCC(=O)OCC(COC1OC(CO)C(O)C(O)C1O)OC(=O)CCCCCCCCCCCCC/C=C\CCCCCCCCCC. The van der Waals surface area contributed by atoms with Crippen molar-refractivity contribution in [2.24, 2.45) is 0 Å². The maximum absolute atomic E-state index is 12.9. The van der Waals surface area contributed by atoms with E-state index in [0.29, 0.717) is 6.42 Å². The summed E-state index contributed by atoms with van der Waals surface area (Å²) in [6, 6.07) is 0. The zero-order valence-corrected chi connectivity index (χ0v) is 46.2. The first-order valence-corrected chi connectivity index (χ1v) is 30.4. The molecule has 0 aliphatic carbocycles. The zero-order chi connectivity index (χ0) is 51.5. The van der Waals surface area contributed by atoms with Crippen LogP contribution in [0.3, 0.4) is 0 Å². The molecule has 0 aromatic heterocycles. The molecular formula is C61H114O10. The van der Waals surface area contributed by atoms with Crippen molar-refractivity contribution in [3.05, 3.63) is 24.3 Å². The highest BCUT2D eigenvalue weighted by atomic mass is 16.7. The average molecular weight is 1010 g/mol. The number of aliphatic hydroxyl groups is 4. The Morgan fingerprint density at radius 1 is 0.423 bits per heavy atom. The molecule has 1 aliphatic rings. The Hall–Kier alpha value is -1.82. The van der Waals surface area contributed by atoms with E-state index >= 15 is 0 Å². The zero-order valence-electron chi connectivity index (χ0n) is 46.2. The maximum Gasteiger partial charge on any atom is 0.306 e. The number of esters is 2. The molecule has 1 fully saturated rings. The topological polar surface area (TPSA) is 152 Å². The third-order valence-corrected chi connectivity index (χ3v) is 14.3. The van der Waals surface area contributed by atoms with E-state index in [2.05, 4.69) is 38.2 Å². The number of aliphatic hydroxyl groups excluding tert-OH is 4. The predicted molar refractivity (Wildman–Crippen MR) is 293 cm³/mol. The number of unbranched alkanes of at least 4 members (excludes halogenated alkanes) is 38. The summed E-state index contributed by atoms with van der Waals surface area (Å²) in [5, 5.41) is 40.4. The Labute approximate surface area is 436 Å². The Morgan fingerprint density at radius 2 is 0.746 bits per heavy atom. The summed E-state index contributed by atoms with van der Waals surface area (Å²) < 4.78 is 22.4. The van der Waals surface area contributed by atoms with Crippen LogP contribution in [0.1, 0.15) is 296 Å². The first kappa shape index (κ1) is 67.2. The minimum absolute atomic E-state index is 0.214. The smallest absolute Gasteiger partial charge is 0.306 e. The first-order chi connectivity index (χ1) is 34.8. The van der Waals surface area contributed by atoms with Gasteiger partial charge in [0.1, 0.15) is 31.0 Å². The van der Waals surface area contributed by atoms with Crippen molar-refractivity contribution in [2.75, 3.05) is 19.8 Å². The molecule has 0 aromatic carbocycles. The predicted octanol–water partition coefficient (Wildman–Crippen LogP) is 15.6. The molecule has 1 aliphatic heterocycles. The fraction of sp³-hybridized carbons (Fsp3) is 0.902. The van der Waals surface area contributed by atoms with Crippen LogP contribution < -0.4 is 0 Å². The van der Waals surface area contributed by atoms with E-state index in [0.717, 1.165) is 38.5 Å². The Morgan fingerprint density at radius 3 is 1.10 bits per heavy atom. The molecule has 0 aromatic rings. The molecule has 6 atom stereocenters. The van der Waals surface area contributed by atoms with Gasteiger partial charge >= 0.3 is 11.9 Å². The minimum atomic E-state index is -1.59. The van der Waals surface area contributed by atoms with Gasteiger partial charge in [-0.15, -0.1) is 0 Å². The summed E-state index contributed by atoms with van der Waals surface area (Å²) in [5.41, 5.74) is 0. The van der Waals surface area contributed by atoms with Gasteiger partial charge in [0.05, 0.1) is 13.2 Å². The number of allylic oxidation sites excluding steroid dienone is 4. The van der Waals surface area contributed by atoms with Gasteiger partial charge in [0.25, 0.3) is 0 Å². The quantitative estimate of drug-likeness (QED) is 0.0263. The number of ether oxygens (including phenoxy) is 4. The molecule has 1 rings (SSSR count). The molecule has 71 heavy (non-hydrogen) atoms. The van der Waals surface area contributed by atoms with Crippen LogP contribution in [0.25, 0.3) is 0 Å². The van der Waals surface area contributed by atoms with E-state index in [-0.39, 0.29) is 32.0 Å². The molecule has 0 spiro atoms. The molecular weight excluding hydrogens is 893 g/mol. The largest absolute Gasteiger partial charge is 0.462 e. The van der Waals surface area contributed by atoms with Crippen LogP contribution in [0.5, 0.6) is 0 Å². The van der Waals surface area contributed by atoms with Gasteiger partial charge in [0.15, 0.2) is 12.4 Å². The van der Waals surface area contributed by atoms with Crippen molar-refractivity contribution in [1.82, 2.24) is 0 Å². The highest BCUT2D eigenvalue weighted by Crippen LogP contribution is 2.23. The lowest BCUT2D eigenvalue weighted by Crippen LogP contribution is -2.59. The highest BCUT2D eigenvalue weighted by molar-refractivity contribution is 5.70. The van der Waals surface area contributed by atoms with E-state index < -0.39 is 49.4 Å². The standard InChI is InChI=1S/C61H114O10/c1-3-5-7-9-11-13-15-17-19-21-23-25-27-29-31-33-35-37-39-41-43-45-47-49-56(63)68-52-54(53-69-61-60(67)59(66)58(65)55(51-62)71-61)70-57(64)50-48-46-44-42-40-38-36-34-32-30-28-26-24-22-20-18-16-14-12-10-8-6-4-2/h21-24,54-55,58-62,65-67H,3-20,25-53H2,1-2H3/b23-21-,24-22-. The molecule has 10 heteroatoms. The summed E-state index contributed by atoms with van der Waals surface area (Å²) >= 11 is 0. The maximum atomic E-state index is 12.9. The van der Waals surface area contributed by atoms with Gasteiger partial charge in [-0.25, -0.2) is 0 Å². The molecule has 0 amide bonds. The van der Waals surface area contributed by atoms with Gasteiger partial charge in [-0.1, -0.05) is 244 Å². The second kappa shape index (κ2) is 51.7. The second-order valence-corrected chi connectivity index (χ2v) is 21.2. The Balaban J connectivity index is 2.17. The normalized spacial score (nSPS) is 18.8. The van der Waals surface area contributed by atoms with E-state index in [1.54, 1.807) is 0 Å². The van der Waals surface area contributed by atoms with Crippen molar-refractivity contribution >= 4 is 11.9 Å². The van der Waals surface area contributed by atoms with E-state index in [4.69, 9.17) is 18.9 Å². The highest BCUT2D eigenvalue weighted by Gasteiger charge is 2.44. The summed E-state index contributed by atoms with van der Waals surface area (Å²) in [7, 11) is 0. The van der Waals surface area contributed by atoms with Gasteiger partial charge < -0.3 is 39.4 Å². The van der Waals surface area contributed by atoms with E-state index in [1.165, 1.54) is 225 Å². The third kappa shape index (κ3) is 42.1. The summed E-state index contributed by atoms with van der Waals surface area (Å²) in [6.45, 7) is 3.48. The number of carbonyl (C=O) groups excluding carboxylic acids is 2. The van der Waals surface area contributed by atoms with Crippen LogP contribution in [0.2, 0.25) is 0 Å². The number of carbonyl (C=O) groups is 2. The minimum Gasteiger partial charge on any atom is -0.462 e. The van der Waals surface area contributed by atoms with E-state index in [9.17, 15) is 30.0 Å². The van der Waals surface area contributed by atoms with Gasteiger partial charge in [0.2, 0.25) is 0 Å². The molecule has 0 saturated carbocycles. The number of rotatable bonds is 53. The van der Waals surface area contributed by atoms with Gasteiger partial charge in [-0.3, -0.25) is 9.59 Å². The Bertz CT molecular complexity index is 1210.